The second kappa shape index (κ2) is 9.57. The molecule has 0 bridgehead atoms. The number of benzene rings is 1. The van der Waals surface area contributed by atoms with Gasteiger partial charge in [-0.1, -0.05) is 45.9 Å². The summed E-state index contributed by atoms with van der Waals surface area (Å²) in [7, 11) is 0. The van der Waals surface area contributed by atoms with Gasteiger partial charge in [0.05, 0.1) is 0 Å². The third-order valence-corrected chi connectivity index (χ3v) is 2.23. The van der Waals surface area contributed by atoms with Crippen molar-refractivity contribution in [2.45, 2.75) is 40.5 Å². The summed E-state index contributed by atoms with van der Waals surface area (Å²) in [6.07, 6.45) is 2.71. The fourth-order valence-corrected chi connectivity index (χ4v) is 1.61. The van der Waals surface area contributed by atoms with Crippen molar-refractivity contribution in [2.24, 2.45) is 0 Å². The molecule has 2 rings (SSSR count). The normalized spacial score (nSPS) is 13.5. The van der Waals surface area contributed by atoms with E-state index >= 15 is 0 Å². The lowest BCUT2D eigenvalue weighted by Gasteiger charge is -2.16. The van der Waals surface area contributed by atoms with E-state index in [9.17, 15) is 0 Å². The SMILES string of the molecule is CC.CC.c1ccc(N2CCCC2)cc1. The molecular formula is C14H25N. The van der Waals surface area contributed by atoms with Gasteiger partial charge in [0.25, 0.3) is 0 Å². The summed E-state index contributed by atoms with van der Waals surface area (Å²) < 4.78 is 0. The van der Waals surface area contributed by atoms with Crippen LogP contribution in [0.3, 0.4) is 0 Å². The van der Waals surface area contributed by atoms with Crippen LogP contribution in [0.15, 0.2) is 30.3 Å². The van der Waals surface area contributed by atoms with Gasteiger partial charge in [-0.2, -0.15) is 0 Å². The lowest BCUT2D eigenvalue weighted by molar-refractivity contribution is 0.949. The second-order valence-corrected chi connectivity index (χ2v) is 3.03. The van der Waals surface area contributed by atoms with Gasteiger partial charge in [-0.3, -0.25) is 0 Å². The van der Waals surface area contributed by atoms with Crippen molar-refractivity contribution in [3.63, 3.8) is 0 Å². The molecule has 0 aliphatic carbocycles. The molecule has 1 fully saturated rings. The quantitative estimate of drug-likeness (QED) is 0.662. The van der Waals surface area contributed by atoms with Crippen molar-refractivity contribution in [2.75, 3.05) is 18.0 Å². The zero-order valence-corrected chi connectivity index (χ0v) is 10.7. The molecule has 1 saturated heterocycles. The third-order valence-electron chi connectivity index (χ3n) is 2.23. The summed E-state index contributed by atoms with van der Waals surface area (Å²) in [6.45, 7) is 10.5. The molecule has 0 radical (unpaired) electrons. The third kappa shape index (κ3) is 4.87. The zero-order valence-electron chi connectivity index (χ0n) is 10.7. The molecule has 0 atom stereocenters. The number of anilines is 1. The molecule has 0 saturated carbocycles. The van der Waals surface area contributed by atoms with Gasteiger partial charge >= 0.3 is 0 Å². The zero-order chi connectivity index (χ0) is 11.5. The van der Waals surface area contributed by atoms with Gasteiger partial charge in [0, 0.05) is 18.8 Å². The van der Waals surface area contributed by atoms with Crippen LogP contribution in [0.4, 0.5) is 5.69 Å². The summed E-state index contributed by atoms with van der Waals surface area (Å²) in [5.74, 6) is 0. The van der Waals surface area contributed by atoms with E-state index in [0.717, 1.165) is 0 Å². The summed E-state index contributed by atoms with van der Waals surface area (Å²) in [5.41, 5.74) is 1.38. The van der Waals surface area contributed by atoms with E-state index in [-0.39, 0.29) is 0 Å². The Balaban J connectivity index is 0.000000442. The van der Waals surface area contributed by atoms with E-state index < -0.39 is 0 Å². The van der Waals surface area contributed by atoms with Crippen molar-refractivity contribution >= 4 is 5.69 Å². The highest BCUT2D eigenvalue weighted by Gasteiger charge is 2.10. The van der Waals surface area contributed by atoms with Crippen molar-refractivity contribution in [3.8, 4) is 0 Å². The van der Waals surface area contributed by atoms with Crippen LogP contribution in [0.2, 0.25) is 0 Å². The molecule has 1 heterocycles. The van der Waals surface area contributed by atoms with E-state index in [1.165, 1.54) is 31.6 Å². The first-order chi connectivity index (χ1) is 7.47. The van der Waals surface area contributed by atoms with Gasteiger partial charge < -0.3 is 4.90 Å². The first-order valence-corrected chi connectivity index (χ1v) is 6.27. The lowest BCUT2D eigenvalue weighted by atomic mass is 10.3. The molecule has 1 aromatic carbocycles. The van der Waals surface area contributed by atoms with Crippen LogP contribution in [0.1, 0.15) is 40.5 Å². The standard InChI is InChI=1S/C10H13N.2C2H6/c1-2-6-10(7-3-1)11-8-4-5-9-11;2*1-2/h1-3,6-7H,4-5,8-9H2;2*1-2H3. The molecule has 1 aliphatic rings. The predicted octanol–water partition coefficient (Wildman–Crippen LogP) is 4.34. The van der Waals surface area contributed by atoms with Crippen LogP contribution in [0.5, 0.6) is 0 Å². The van der Waals surface area contributed by atoms with E-state index in [2.05, 4.69) is 35.2 Å². The first-order valence-electron chi connectivity index (χ1n) is 6.27. The minimum Gasteiger partial charge on any atom is -0.372 e. The Bertz CT molecular complexity index is 212. The van der Waals surface area contributed by atoms with E-state index in [1.54, 1.807) is 0 Å². The van der Waals surface area contributed by atoms with Crippen LogP contribution in [-0.2, 0) is 0 Å². The molecular weight excluding hydrogens is 182 g/mol. The average molecular weight is 207 g/mol. The highest BCUT2D eigenvalue weighted by molar-refractivity contribution is 5.46. The summed E-state index contributed by atoms with van der Waals surface area (Å²) in [4.78, 5) is 2.44. The maximum absolute atomic E-state index is 2.44. The second-order valence-electron chi connectivity index (χ2n) is 3.03. The fourth-order valence-electron chi connectivity index (χ4n) is 1.61. The Kier molecular flexibility index (Phi) is 8.95. The van der Waals surface area contributed by atoms with Crippen molar-refractivity contribution in [3.05, 3.63) is 30.3 Å². The van der Waals surface area contributed by atoms with Crippen molar-refractivity contribution < 1.29 is 0 Å². The number of para-hydroxylation sites is 1. The lowest BCUT2D eigenvalue weighted by Crippen LogP contribution is -2.16. The maximum Gasteiger partial charge on any atom is 0.0366 e. The highest BCUT2D eigenvalue weighted by Crippen LogP contribution is 2.18. The average Bonchev–Trinajstić information content (AvgIpc) is 2.89. The van der Waals surface area contributed by atoms with Crippen LogP contribution in [0.25, 0.3) is 0 Å². The monoisotopic (exact) mass is 207 g/mol. The predicted molar refractivity (Wildman–Crippen MR) is 70.6 cm³/mol. The van der Waals surface area contributed by atoms with Crippen LogP contribution >= 0.6 is 0 Å². The van der Waals surface area contributed by atoms with Crippen molar-refractivity contribution in [1.29, 1.82) is 0 Å². The van der Waals surface area contributed by atoms with Gasteiger partial charge in [0.15, 0.2) is 0 Å². The van der Waals surface area contributed by atoms with Crippen molar-refractivity contribution in [1.82, 2.24) is 0 Å². The minimum absolute atomic E-state index is 1.24. The Morgan fingerprint density at radius 2 is 1.27 bits per heavy atom. The molecule has 1 heteroatoms. The van der Waals surface area contributed by atoms with Gasteiger partial charge in [-0.25, -0.2) is 0 Å². The largest absolute Gasteiger partial charge is 0.372 e. The molecule has 15 heavy (non-hydrogen) atoms. The maximum atomic E-state index is 2.44. The van der Waals surface area contributed by atoms with Gasteiger partial charge in [-0.15, -0.1) is 0 Å². The molecule has 0 aromatic heterocycles. The van der Waals surface area contributed by atoms with Crippen LogP contribution < -0.4 is 4.90 Å². The molecule has 0 unspecified atom stereocenters. The summed E-state index contributed by atoms with van der Waals surface area (Å²) >= 11 is 0. The van der Waals surface area contributed by atoms with E-state index in [1.807, 2.05) is 27.7 Å². The number of hydrogen-bond donors (Lipinski definition) is 0. The van der Waals surface area contributed by atoms with E-state index in [4.69, 9.17) is 0 Å². The Labute approximate surface area is 95.1 Å². The summed E-state index contributed by atoms with van der Waals surface area (Å²) in [5, 5.41) is 0. The van der Waals surface area contributed by atoms with Crippen LogP contribution in [-0.4, -0.2) is 13.1 Å². The Morgan fingerprint density at radius 3 is 1.73 bits per heavy atom. The topological polar surface area (TPSA) is 3.24 Å². The number of hydrogen-bond acceptors (Lipinski definition) is 1. The van der Waals surface area contributed by atoms with Gasteiger partial charge in [0.2, 0.25) is 0 Å². The molecule has 1 nitrogen and oxygen atoms in total. The first kappa shape index (κ1) is 14.0. The number of rotatable bonds is 1. The molecule has 86 valence electrons. The molecule has 0 spiro atoms. The highest BCUT2D eigenvalue weighted by atomic mass is 15.1. The summed E-state index contributed by atoms with van der Waals surface area (Å²) in [6, 6.07) is 10.7. The number of nitrogens with zero attached hydrogens (tertiary/aromatic N) is 1. The fraction of sp³-hybridized carbons (Fsp3) is 0.571. The molecule has 1 aliphatic heterocycles. The molecule has 1 aromatic rings. The molecule has 0 N–H and O–H groups in total. The Hall–Kier alpha value is -0.980. The van der Waals surface area contributed by atoms with Gasteiger partial charge in [-0.05, 0) is 25.0 Å². The van der Waals surface area contributed by atoms with Crippen LogP contribution in [0, 0.1) is 0 Å². The minimum atomic E-state index is 1.24. The smallest absolute Gasteiger partial charge is 0.0366 e. The van der Waals surface area contributed by atoms with Gasteiger partial charge in [0.1, 0.15) is 0 Å². The molecule has 0 amide bonds. The van der Waals surface area contributed by atoms with E-state index in [0.29, 0.717) is 0 Å². The Morgan fingerprint density at radius 1 is 0.800 bits per heavy atom.